The Morgan fingerprint density at radius 2 is 1.95 bits per heavy atom. The van der Waals surface area contributed by atoms with Crippen LogP contribution in [-0.2, 0) is 19.0 Å². The van der Waals surface area contributed by atoms with Gasteiger partial charge < -0.3 is 19.1 Å². The van der Waals surface area contributed by atoms with E-state index in [1.54, 1.807) is 20.8 Å². The van der Waals surface area contributed by atoms with E-state index in [0.29, 0.717) is 0 Å². The van der Waals surface area contributed by atoms with Crippen molar-refractivity contribution in [2.75, 3.05) is 32.4 Å². The van der Waals surface area contributed by atoms with E-state index in [9.17, 15) is 9.59 Å². The molecular weight excluding hydrogens is 305 g/mol. The van der Waals surface area contributed by atoms with Crippen LogP contribution in [0.25, 0.3) is 0 Å². The molecule has 6 nitrogen and oxygen atoms in total. The van der Waals surface area contributed by atoms with Crippen LogP contribution in [-0.4, -0.2) is 60.6 Å². The van der Waals surface area contributed by atoms with E-state index in [1.807, 2.05) is 0 Å². The molecule has 2 saturated heterocycles. The zero-order valence-corrected chi connectivity index (χ0v) is 13.0. The summed E-state index contributed by atoms with van der Waals surface area (Å²) >= 11 is 5.33. The molecule has 2 aliphatic rings. The van der Waals surface area contributed by atoms with Gasteiger partial charge in [-0.15, -0.1) is 0 Å². The predicted octanol–water partition coefficient (Wildman–Crippen LogP) is 1.70. The van der Waals surface area contributed by atoms with Gasteiger partial charge in [-0.3, -0.25) is 0 Å². The van der Waals surface area contributed by atoms with Gasteiger partial charge in [-0.2, -0.15) is 0 Å². The van der Waals surface area contributed by atoms with Crippen LogP contribution in [0.3, 0.4) is 0 Å². The average Bonchev–Trinajstić information content (AvgIpc) is 2.62. The summed E-state index contributed by atoms with van der Waals surface area (Å²) in [6.45, 7) is 4.89. The number of carbonyl (C=O) groups excluding carboxylic acids is 2. The quantitative estimate of drug-likeness (QED) is 0.571. The summed E-state index contributed by atoms with van der Waals surface area (Å²) in [6, 6.07) is -0.437. The molecule has 2 aliphatic heterocycles. The molecule has 2 fully saturated rings. The summed E-state index contributed by atoms with van der Waals surface area (Å²) in [4.78, 5) is 25.2. The van der Waals surface area contributed by atoms with Crippen molar-refractivity contribution < 1.29 is 28.2 Å². The summed E-state index contributed by atoms with van der Waals surface area (Å²) in [6.07, 6.45) is -0.660. The second-order valence-corrected chi connectivity index (χ2v) is 6.67. The first kappa shape index (κ1) is 16.3. The largest absolute Gasteiger partial charge is 0.447 e. The second kappa shape index (κ2) is 5.28. The first-order chi connectivity index (χ1) is 9.63. The molecule has 0 aromatic heterocycles. The molecule has 0 N–H and O–H groups in total. The minimum absolute atomic E-state index is 0.0514. The van der Waals surface area contributed by atoms with Gasteiger partial charge in [-0.1, -0.05) is 11.6 Å². The number of ether oxygens (including phenoxy) is 3. The van der Waals surface area contributed by atoms with Crippen molar-refractivity contribution in [3.63, 3.8) is 0 Å². The highest BCUT2D eigenvalue weighted by Crippen LogP contribution is 2.48. The van der Waals surface area contributed by atoms with Gasteiger partial charge in [-0.25, -0.2) is 14.0 Å². The Morgan fingerprint density at radius 1 is 1.33 bits per heavy atom. The standard InChI is InChI=1S/C13H19ClFNO5/c1-11(2,3)21-10(18)16-4-12(6-19-7-12)13(15,5-16)9(17)20-8-14/h4-8H2,1-3H3. The summed E-state index contributed by atoms with van der Waals surface area (Å²) in [5.74, 6) is -1.06. The third-order valence-electron chi connectivity index (χ3n) is 3.66. The first-order valence-electron chi connectivity index (χ1n) is 6.61. The number of nitrogens with zero attached hydrogens (tertiary/aromatic N) is 1. The topological polar surface area (TPSA) is 65.1 Å². The number of carbonyl (C=O) groups is 2. The lowest BCUT2D eigenvalue weighted by Gasteiger charge is -2.43. The molecule has 1 atom stereocenters. The second-order valence-electron chi connectivity index (χ2n) is 6.45. The number of amides is 1. The fourth-order valence-corrected chi connectivity index (χ4v) is 2.65. The van der Waals surface area contributed by atoms with Gasteiger partial charge in [0.05, 0.1) is 25.2 Å². The summed E-state index contributed by atoms with van der Waals surface area (Å²) < 4.78 is 30.1. The van der Waals surface area contributed by atoms with Crippen molar-refractivity contribution in [2.24, 2.45) is 5.41 Å². The number of hydrogen-bond donors (Lipinski definition) is 0. The maximum Gasteiger partial charge on any atom is 0.410 e. The van der Waals surface area contributed by atoms with E-state index in [2.05, 4.69) is 4.74 Å². The zero-order chi connectivity index (χ0) is 15.9. The van der Waals surface area contributed by atoms with Gasteiger partial charge in [0, 0.05) is 6.54 Å². The molecule has 1 spiro atoms. The third kappa shape index (κ3) is 2.81. The molecule has 0 aliphatic carbocycles. The first-order valence-corrected chi connectivity index (χ1v) is 7.15. The van der Waals surface area contributed by atoms with Crippen molar-refractivity contribution in [1.82, 2.24) is 4.90 Å². The third-order valence-corrected chi connectivity index (χ3v) is 3.77. The smallest absolute Gasteiger partial charge is 0.410 e. The van der Waals surface area contributed by atoms with Gasteiger partial charge in [0.1, 0.15) is 5.60 Å². The maximum absolute atomic E-state index is 15.2. The minimum atomic E-state index is -2.32. The van der Waals surface area contributed by atoms with E-state index in [0.717, 1.165) is 0 Å². The van der Waals surface area contributed by atoms with Gasteiger partial charge >= 0.3 is 12.1 Å². The Morgan fingerprint density at radius 3 is 2.38 bits per heavy atom. The average molecular weight is 324 g/mol. The van der Waals surface area contributed by atoms with Crippen LogP contribution in [0, 0.1) is 5.41 Å². The lowest BCUT2D eigenvalue weighted by molar-refractivity contribution is -0.195. The Labute approximate surface area is 127 Å². The number of esters is 1. The van der Waals surface area contributed by atoms with Crippen molar-refractivity contribution in [3.05, 3.63) is 0 Å². The van der Waals surface area contributed by atoms with Crippen molar-refractivity contribution in [1.29, 1.82) is 0 Å². The fourth-order valence-electron chi connectivity index (χ4n) is 2.55. The molecule has 0 saturated carbocycles. The molecule has 0 radical (unpaired) electrons. The van der Waals surface area contributed by atoms with Gasteiger partial charge in [0.15, 0.2) is 6.07 Å². The van der Waals surface area contributed by atoms with E-state index < -0.39 is 41.4 Å². The van der Waals surface area contributed by atoms with Crippen LogP contribution in [0.5, 0.6) is 0 Å². The number of halogens is 2. The fraction of sp³-hybridized carbons (Fsp3) is 0.846. The Balaban J connectivity index is 2.16. The normalized spacial score (nSPS) is 27.4. The SMILES string of the molecule is CC(C)(C)OC(=O)N1CC2(COC2)C(F)(C(=O)OCCl)C1. The Kier molecular flexibility index (Phi) is 4.10. The summed E-state index contributed by atoms with van der Waals surface area (Å²) in [5, 5.41) is 0. The number of likely N-dealkylation sites (tertiary alicyclic amines) is 1. The number of rotatable bonds is 2. The Hall–Kier alpha value is -1.08. The maximum atomic E-state index is 15.2. The minimum Gasteiger partial charge on any atom is -0.447 e. The van der Waals surface area contributed by atoms with Crippen molar-refractivity contribution >= 4 is 23.7 Å². The summed E-state index contributed by atoms with van der Waals surface area (Å²) in [7, 11) is 0. The van der Waals surface area contributed by atoms with E-state index in [1.165, 1.54) is 4.90 Å². The van der Waals surface area contributed by atoms with Crippen LogP contribution in [0.4, 0.5) is 9.18 Å². The van der Waals surface area contributed by atoms with E-state index >= 15 is 4.39 Å². The van der Waals surface area contributed by atoms with E-state index in [4.69, 9.17) is 21.1 Å². The molecule has 2 heterocycles. The van der Waals surface area contributed by atoms with Gasteiger partial charge in [0.25, 0.3) is 0 Å². The molecule has 0 aromatic rings. The van der Waals surface area contributed by atoms with Crippen molar-refractivity contribution in [2.45, 2.75) is 32.0 Å². The lowest BCUT2D eigenvalue weighted by atomic mass is 9.74. The molecule has 8 heteroatoms. The number of alkyl halides is 2. The highest BCUT2D eigenvalue weighted by Gasteiger charge is 2.69. The monoisotopic (exact) mass is 323 g/mol. The predicted molar refractivity (Wildman–Crippen MR) is 71.7 cm³/mol. The lowest BCUT2D eigenvalue weighted by Crippen LogP contribution is -2.61. The van der Waals surface area contributed by atoms with Crippen LogP contribution in [0.15, 0.2) is 0 Å². The Bertz CT molecular complexity index is 448. The molecule has 21 heavy (non-hydrogen) atoms. The van der Waals surface area contributed by atoms with Crippen LogP contribution in [0.1, 0.15) is 20.8 Å². The molecule has 120 valence electrons. The number of hydrogen-bond acceptors (Lipinski definition) is 5. The van der Waals surface area contributed by atoms with Gasteiger partial charge in [-0.05, 0) is 20.8 Å². The molecular formula is C13H19ClFNO5. The van der Waals surface area contributed by atoms with Crippen LogP contribution in [0.2, 0.25) is 0 Å². The van der Waals surface area contributed by atoms with Crippen LogP contribution < -0.4 is 0 Å². The highest BCUT2D eigenvalue weighted by atomic mass is 35.5. The molecule has 0 aromatic carbocycles. The molecule has 0 bridgehead atoms. The van der Waals surface area contributed by atoms with Gasteiger partial charge in [0.2, 0.25) is 5.67 Å². The summed E-state index contributed by atoms with van der Waals surface area (Å²) in [5.41, 5.74) is -4.09. The molecule has 1 unspecified atom stereocenters. The zero-order valence-electron chi connectivity index (χ0n) is 12.3. The van der Waals surface area contributed by atoms with E-state index in [-0.39, 0.29) is 19.8 Å². The molecule has 1 amide bonds. The van der Waals surface area contributed by atoms with Crippen LogP contribution >= 0.6 is 11.6 Å². The van der Waals surface area contributed by atoms with Crippen molar-refractivity contribution in [3.8, 4) is 0 Å². The highest BCUT2D eigenvalue weighted by molar-refractivity contribution is 6.17. The molecule has 2 rings (SSSR count).